The number of aromatic nitrogens is 1. The van der Waals surface area contributed by atoms with E-state index >= 15 is 0 Å². The molecule has 302 valence electrons. The zero-order valence-electron chi connectivity index (χ0n) is 34.1. The summed E-state index contributed by atoms with van der Waals surface area (Å²) in [5.74, 6) is -3.30. The van der Waals surface area contributed by atoms with Gasteiger partial charge in [-0.15, -0.1) is 0 Å². The Labute approximate surface area is 331 Å². The third-order valence-electron chi connectivity index (χ3n) is 12.1. The summed E-state index contributed by atoms with van der Waals surface area (Å²) in [7, 11) is 1.57. The highest BCUT2D eigenvalue weighted by Gasteiger charge is 2.48. The molecular weight excluding hydrogens is 728 g/mol. The number of ether oxygens (including phenoxy) is 4. The number of anilines is 1. The van der Waals surface area contributed by atoms with Crippen LogP contribution in [0, 0.1) is 30.6 Å². The SMILES string of the molecule is CO[C@H]1/C=C/C[C@]2(C)Oc3c(C)c(=O)c4c(O)c(c5oc6ccccc6nc5c4c3C2=O)NC(=O)/C(C)=C\C=C\[C@H](C)[C@@H]2OC(C)(C)O[C@@H]([C@@H](C)[C@H](O)[C@@H]1C)[C@@H]2C. The van der Waals surface area contributed by atoms with Crippen LogP contribution in [0.5, 0.6) is 11.5 Å². The number of methoxy groups -OCH3 is 1. The first-order valence-corrected chi connectivity index (χ1v) is 19.6. The zero-order chi connectivity index (χ0) is 41.3. The van der Waals surface area contributed by atoms with Gasteiger partial charge in [-0.2, -0.15) is 0 Å². The molecule has 3 aromatic carbocycles. The minimum Gasteiger partial charge on any atom is -0.505 e. The van der Waals surface area contributed by atoms with Crippen LogP contribution in [0.3, 0.4) is 0 Å². The molecule has 4 aliphatic rings. The van der Waals surface area contributed by atoms with Gasteiger partial charge in [0.05, 0.1) is 35.4 Å². The minimum absolute atomic E-state index is 0.0160. The van der Waals surface area contributed by atoms with Crippen LogP contribution in [0.25, 0.3) is 33.0 Å². The molecule has 0 radical (unpaired) electrons. The van der Waals surface area contributed by atoms with Crippen LogP contribution in [0.1, 0.15) is 77.7 Å². The standard InChI is InChI=1S/C45H52N2O10/c1-21-15-13-16-22(2)43(52)47-34-37(50)31-30(33-41(34)54-29-18-12-11-17-27(29)46-33)32-40(25(5)36(31)49)57-45(9,42(32)51)20-14-19-28(53-10)23(3)35(48)24(4)39-26(6)38(21)55-44(7,8)56-39/h11-19,21,23-24,26,28,35,38-39,48,50H,20H2,1-10H3,(H,47,52)/b15-13+,19-14+,22-16-/t21-,23+,24-,26+,28-,35+,38-,39-,45-/m0/s1. The van der Waals surface area contributed by atoms with Crippen molar-refractivity contribution in [1.82, 2.24) is 4.98 Å². The number of Topliss-reactive ketones (excluding diaryl/α,β-unsaturated/α-hetero) is 1. The summed E-state index contributed by atoms with van der Waals surface area (Å²) in [6.07, 6.45) is 7.09. The van der Waals surface area contributed by atoms with Gasteiger partial charge in [-0.1, -0.05) is 70.2 Å². The number of nitrogens with zero attached hydrogens (tertiary/aromatic N) is 1. The number of rotatable bonds is 1. The van der Waals surface area contributed by atoms with E-state index in [0.717, 1.165) is 0 Å². The van der Waals surface area contributed by atoms with Crippen molar-refractivity contribution in [2.75, 3.05) is 12.4 Å². The van der Waals surface area contributed by atoms with E-state index in [1.54, 1.807) is 70.4 Å². The first-order chi connectivity index (χ1) is 26.9. The molecule has 4 aliphatic heterocycles. The number of hydrogen-bond donors (Lipinski definition) is 3. The fraction of sp³-hybridized carbons (Fsp3) is 0.467. The summed E-state index contributed by atoms with van der Waals surface area (Å²) < 4.78 is 31.6. The maximum Gasteiger partial charge on any atom is 0.251 e. The second-order valence-electron chi connectivity index (χ2n) is 16.7. The van der Waals surface area contributed by atoms with Crippen molar-refractivity contribution in [3.05, 3.63) is 81.6 Å². The topological polar surface area (TPSA) is 167 Å². The molecule has 1 amide bonds. The average molecular weight is 781 g/mol. The molecule has 57 heavy (non-hydrogen) atoms. The predicted octanol–water partition coefficient (Wildman–Crippen LogP) is 7.68. The molecule has 1 fully saturated rings. The van der Waals surface area contributed by atoms with Crippen molar-refractivity contribution in [3.8, 4) is 11.5 Å². The molecule has 1 saturated heterocycles. The number of hydrogen-bond acceptors (Lipinski definition) is 11. The highest BCUT2D eigenvalue weighted by molar-refractivity contribution is 6.26. The Hall–Kier alpha value is -4.88. The second-order valence-corrected chi connectivity index (χ2v) is 16.7. The highest BCUT2D eigenvalue weighted by atomic mass is 16.7. The molecule has 0 spiro atoms. The smallest absolute Gasteiger partial charge is 0.251 e. The first-order valence-electron chi connectivity index (χ1n) is 19.6. The maximum absolute atomic E-state index is 14.6. The van der Waals surface area contributed by atoms with Gasteiger partial charge in [-0.3, -0.25) is 14.4 Å². The van der Waals surface area contributed by atoms with E-state index in [2.05, 4.69) is 12.2 Å². The number of carbonyl (C=O) groups is 2. The van der Waals surface area contributed by atoms with Gasteiger partial charge in [0.1, 0.15) is 22.5 Å². The number of allylic oxidation sites excluding steroid dienone is 2. The van der Waals surface area contributed by atoms with Gasteiger partial charge in [-0.25, -0.2) is 4.98 Å². The highest BCUT2D eigenvalue weighted by Crippen LogP contribution is 2.49. The average Bonchev–Trinajstić information content (AvgIpc) is 3.44. The van der Waals surface area contributed by atoms with Crippen LogP contribution in [0.15, 0.2) is 69.4 Å². The Bertz CT molecular complexity index is 2450. The normalized spacial score (nSPS) is 32.9. The second kappa shape index (κ2) is 14.8. The lowest BCUT2D eigenvalue weighted by Gasteiger charge is -2.49. The van der Waals surface area contributed by atoms with Crippen LogP contribution in [0.4, 0.5) is 5.69 Å². The van der Waals surface area contributed by atoms with Crippen molar-refractivity contribution in [2.45, 2.75) is 105 Å². The number of nitrogens with one attached hydrogen (secondary N) is 1. The summed E-state index contributed by atoms with van der Waals surface area (Å²) in [6, 6.07) is 6.96. The predicted molar refractivity (Wildman–Crippen MR) is 218 cm³/mol. The fourth-order valence-electron chi connectivity index (χ4n) is 8.75. The van der Waals surface area contributed by atoms with Crippen molar-refractivity contribution >= 4 is 50.3 Å². The monoisotopic (exact) mass is 780 g/mol. The van der Waals surface area contributed by atoms with E-state index in [1.165, 1.54) is 0 Å². The molecule has 1 aromatic heterocycles. The Kier molecular flexibility index (Phi) is 10.5. The van der Waals surface area contributed by atoms with Crippen molar-refractivity contribution in [3.63, 3.8) is 0 Å². The molecule has 0 aliphatic carbocycles. The van der Waals surface area contributed by atoms with Gasteiger partial charge < -0.3 is 38.9 Å². The van der Waals surface area contributed by atoms with E-state index in [9.17, 15) is 24.6 Å². The number of phenolic OH excluding ortho intramolecular Hbond substituents is 1. The number of para-hydroxylation sites is 2. The van der Waals surface area contributed by atoms with E-state index in [0.29, 0.717) is 16.7 Å². The van der Waals surface area contributed by atoms with E-state index < -0.39 is 46.5 Å². The molecule has 12 heteroatoms. The van der Waals surface area contributed by atoms with E-state index in [1.807, 2.05) is 46.8 Å². The quantitative estimate of drug-likeness (QED) is 0.0750. The molecule has 4 aromatic rings. The summed E-state index contributed by atoms with van der Waals surface area (Å²) in [6.45, 7) is 16.5. The lowest BCUT2D eigenvalue weighted by atomic mass is 9.77. The molecule has 3 N–H and O–H groups in total. The van der Waals surface area contributed by atoms with Gasteiger partial charge >= 0.3 is 0 Å². The number of aromatic hydroxyl groups is 1. The number of carbonyl (C=O) groups excluding carboxylic acids is 2. The van der Waals surface area contributed by atoms with Crippen LogP contribution in [0.2, 0.25) is 0 Å². The summed E-state index contributed by atoms with van der Waals surface area (Å²) in [4.78, 5) is 47.6. The maximum atomic E-state index is 14.6. The number of aliphatic hydroxyl groups is 1. The molecule has 0 unspecified atom stereocenters. The lowest BCUT2D eigenvalue weighted by Crippen LogP contribution is -2.56. The van der Waals surface area contributed by atoms with Gasteiger partial charge in [0.15, 0.2) is 33.7 Å². The molecule has 12 nitrogen and oxygen atoms in total. The number of aliphatic hydroxyl groups excluding tert-OH is 1. The van der Waals surface area contributed by atoms with Gasteiger partial charge in [0, 0.05) is 53.7 Å². The lowest BCUT2D eigenvalue weighted by molar-refractivity contribution is -0.336. The van der Waals surface area contributed by atoms with Gasteiger partial charge in [-0.05, 0) is 46.8 Å². The van der Waals surface area contributed by atoms with Gasteiger partial charge in [0.25, 0.3) is 5.91 Å². The molecule has 0 saturated carbocycles. The number of phenols is 1. The molecule has 5 heterocycles. The summed E-state index contributed by atoms with van der Waals surface area (Å²) >= 11 is 0. The first kappa shape index (κ1) is 40.3. The fourth-order valence-corrected chi connectivity index (χ4v) is 8.75. The summed E-state index contributed by atoms with van der Waals surface area (Å²) in [5.41, 5.74) is -0.790. The minimum atomic E-state index is -1.45. The molecule has 9 atom stereocenters. The Morgan fingerprint density at radius 2 is 1.63 bits per heavy atom. The number of benzene rings is 3. The summed E-state index contributed by atoms with van der Waals surface area (Å²) in [5, 5.41) is 26.5. The third kappa shape index (κ3) is 6.86. The Morgan fingerprint density at radius 3 is 2.35 bits per heavy atom. The van der Waals surface area contributed by atoms with E-state index in [4.69, 9.17) is 28.3 Å². The number of amides is 1. The van der Waals surface area contributed by atoms with Crippen LogP contribution < -0.4 is 15.5 Å². The Morgan fingerprint density at radius 1 is 0.930 bits per heavy atom. The van der Waals surface area contributed by atoms with Crippen molar-refractivity contribution in [1.29, 1.82) is 0 Å². The van der Waals surface area contributed by atoms with E-state index in [-0.39, 0.29) is 86.7 Å². The molecular formula is C45H52N2O10. The van der Waals surface area contributed by atoms with Gasteiger partial charge in [0.2, 0.25) is 5.78 Å². The Balaban J connectivity index is 1.43. The van der Waals surface area contributed by atoms with Crippen LogP contribution >= 0.6 is 0 Å². The molecule has 7 bridgehead atoms. The zero-order valence-corrected chi connectivity index (χ0v) is 34.1. The third-order valence-corrected chi connectivity index (χ3v) is 12.1. The van der Waals surface area contributed by atoms with Crippen LogP contribution in [-0.4, -0.2) is 69.8 Å². The largest absolute Gasteiger partial charge is 0.505 e. The van der Waals surface area contributed by atoms with Crippen molar-refractivity contribution < 1.29 is 43.2 Å². The van der Waals surface area contributed by atoms with Crippen LogP contribution in [-0.2, 0) is 19.0 Å². The van der Waals surface area contributed by atoms with Crippen molar-refractivity contribution in [2.24, 2.45) is 23.7 Å². The number of fused-ring (bicyclic) bond motifs is 10. The number of ketones is 1. The molecule has 8 rings (SSSR count).